The van der Waals surface area contributed by atoms with E-state index in [1.54, 1.807) is 12.1 Å². The first-order valence-electron chi connectivity index (χ1n) is 8.86. The quantitative estimate of drug-likeness (QED) is 0.330. The van der Waals surface area contributed by atoms with E-state index in [-0.39, 0.29) is 23.7 Å². The number of hydrogen-bond donors (Lipinski definition) is 4. The zero-order valence-corrected chi connectivity index (χ0v) is 17.4. The summed E-state index contributed by atoms with van der Waals surface area (Å²) in [6, 6.07) is 5.99. The molecular weight excluding hydrogens is 514 g/mol. The van der Waals surface area contributed by atoms with Gasteiger partial charge in [0, 0.05) is 17.4 Å². The van der Waals surface area contributed by atoms with Gasteiger partial charge in [-0.1, -0.05) is 0 Å². The SMILES string of the molecule is O=C1Cc2cc(C(=O)Nc3ccn(C4O[C@H](CO)[C@@H](O)C4(F)I)c(=O)n3)ccc2N1. The predicted octanol–water partition coefficient (Wildman–Crippen LogP) is 0.342. The Balaban J connectivity index is 1.53. The maximum atomic E-state index is 14.9. The number of carbonyl (C=O) groups excluding carboxylic acids is 2. The first-order valence-corrected chi connectivity index (χ1v) is 9.94. The minimum atomic E-state index is -2.36. The Morgan fingerprint density at radius 1 is 1.43 bits per heavy atom. The first kappa shape index (κ1) is 20.8. The van der Waals surface area contributed by atoms with E-state index < -0.39 is 40.3 Å². The van der Waals surface area contributed by atoms with E-state index in [9.17, 15) is 29.0 Å². The zero-order chi connectivity index (χ0) is 21.6. The van der Waals surface area contributed by atoms with Crippen molar-refractivity contribution in [1.29, 1.82) is 0 Å². The van der Waals surface area contributed by atoms with E-state index in [4.69, 9.17) is 4.74 Å². The van der Waals surface area contributed by atoms with Crippen LogP contribution < -0.4 is 16.3 Å². The molecule has 0 spiro atoms. The van der Waals surface area contributed by atoms with Crippen LogP contribution in [0.1, 0.15) is 22.1 Å². The second-order valence-corrected chi connectivity index (χ2v) is 8.54. The lowest BCUT2D eigenvalue weighted by molar-refractivity contribution is -0.115. The Morgan fingerprint density at radius 3 is 2.87 bits per heavy atom. The second kappa shape index (κ2) is 7.68. The normalized spacial score (nSPS) is 27.6. The third kappa shape index (κ3) is 3.59. The molecule has 0 saturated carbocycles. The van der Waals surface area contributed by atoms with Crippen LogP contribution in [0.3, 0.4) is 0 Å². The third-order valence-electron chi connectivity index (χ3n) is 4.88. The fourth-order valence-corrected chi connectivity index (χ4v) is 4.19. The summed E-state index contributed by atoms with van der Waals surface area (Å²) in [5.74, 6) is -0.760. The van der Waals surface area contributed by atoms with Crippen LogP contribution in [0.5, 0.6) is 0 Å². The second-order valence-electron chi connectivity index (χ2n) is 6.88. The minimum absolute atomic E-state index is 0.0638. The number of aliphatic hydroxyl groups excluding tert-OH is 2. The summed E-state index contributed by atoms with van der Waals surface area (Å²) < 4.78 is 18.6. The van der Waals surface area contributed by atoms with Crippen molar-refractivity contribution in [2.45, 2.75) is 28.5 Å². The molecule has 0 aliphatic carbocycles. The van der Waals surface area contributed by atoms with Crippen molar-refractivity contribution < 1.29 is 28.9 Å². The van der Waals surface area contributed by atoms with Crippen LogP contribution in [0.2, 0.25) is 0 Å². The molecule has 4 rings (SSSR count). The van der Waals surface area contributed by atoms with E-state index in [0.717, 1.165) is 4.57 Å². The molecule has 1 saturated heterocycles. The summed E-state index contributed by atoms with van der Waals surface area (Å²) in [4.78, 5) is 40.0. The summed E-state index contributed by atoms with van der Waals surface area (Å²) >= 11 is 1.33. The molecule has 158 valence electrons. The number of aromatic nitrogens is 2. The van der Waals surface area contributed by atoms with Gasteiger partial charge in [-0.3, -0.25) is 14.2 Å². The van der Waals surface area contributed by atoms with Crippen LogP contribution in [0.25, 0.3) is 0 Å². The van der Waals surface area contributed by atoms with Crippen molar-refractivity contribution in [2.24, 2.45) is 0 Å². The van der Waals surface area contributed by atoms with Crippen molar-refractivity contribution in [2.75, 3.05) is 17.2 Å². The summed E-state index contributed by atoms with van der Waals surface area (Å²) in [5, 5.41) is 24.3. The van der Waals surface area contributed by atoms with E-state index in [1.165, 1.54) is 40.9 Å². The minimum Gasteiger partial charge on any atom is -0.394 e. The van der Waals surface area contributed by atoms with Gasteiger partial charge in [0.25, 0.3) is 5.91 Å². The molecule has 12 heteroatoms. The average Bonchev–Trinajstić information content (AvgIpc) is 3.18. The standard InChI is InChI=1S/C18H16FIN4O6/c19-18(20)14(27)11(7-25)30-16(18)24-4-3-12(23-17(24)29)22-15(28)8-1-2-10-9(5-8)6-13(26)21-10/h1-5,11,14,16,25,27H,6-7H2,(H,21,26)(H,22,23,28,29)/t11-,14-,16?,18?/m1/s1. The van der Waals surface area contributed by atoms with Gasteiger partial charge in [0.1, 0.15) is 18.0 Å². The van der Waals surface area contributed by atoms with Gasteiger partial charge in [-0.15, -0.1) is 0 Å². The highest BCUT2D eigenvalue weighted by Gasteiger charge is 2.56. The number of nitrogens with one attached hydrogen (secondary N) is 2. The van der Waals surface area contributed by atoms with Crippen LogP contribution in [0.15, 0.2) is 35.3 Å². The molecule has 2 aliphatic heterocycles. The van der Waals surface area contributed by atoms with Gasteiger partial charge in [0.05, 0.1) is 13.0 Å². The fraction of sp³-hybridized carbons (Fsp3) is 0.333. The van der Waals surface area contributed by atoms with Crippen molar-refractivity contribution in [1.82, 2.24) is 9.55 Å². The van der Waals surface area contributed by atoms with Gasteiger partial charge in [-0.05, 0) is 52.4 Å². The molecule has 0 radical (unpaired) electrons. The number of alkyl halides is 2. The molecule has 4 atom stereocenters. The maximum absolute atomic E-state index is 14.9. The Bertz CT molecular complexity index is 1090. The van der Waals surface area contributed by atoms with Crippen molar-refractivity contribution >= 4 is 45.9 Å². The number of rotatable bonds is 4. The van der Waals surface area contributed by atoms with Crippen LogP contribution in [0, 0.1) is 0 Å². The molecule has 2 amide bonds. The molecule has 2 unspecified atom stereocenters. The number of fused-ring (bicyclic) bond motifs is 1. The number of benzene rings is 1. The molecule has 2 aromatic rings. The van der Waals surface area contributed by atoms with Crippen molar-refractivity contribution in [3.8, 4) is 0 Å². The number of anilines is 2. The van der Waals surface area contributed by atoms with Crippen LogP contribution in [0.4, 0.5) is 15.9 Å². The van der Waals surface area contributed by atoms with Crippen molar-refractivity contribution in [3.05, 3.63) is 52.1 Å². The molecule has 1 aromatic carbocycles. The Morgan fingerprint density at radius 2 is 2.20 bits per heavy atom. The largest absolute Gasteiger partial charge is 0.394 e. The number of hydrogen-bond acceptors (Lipinski definition) is 7. The maximum Gasteiger partial charge on any atom is 0.351 e. The summed E-state index contributed by atoms with van der Waals surface area (Å²) in [7, 11) is 0. The number of amides is 2. The zero-order valence-electron chi connectivity index (χ0n) is 15.2. The fourth-order valence-electron chi connectivity index (χ4n) is 3.34. The lowest BCUT2D eigenvalue weighted by atomic mass is 10.1. The Kier molecular flexibility index (Phi) is 5.34. The summed E-state index contributed by atoms with van der Waals surface area (Å²) in [6.07, 6.45) is -2.98. The van der Waals surface area contributed by atoms with Gasteiger partial charge < -0.3 is 25.6 Å². The van der Waals surface area contributed by atoms with Gasteiger partial charge in [-0.2, -0.15) is 4.98 Å². The highest BCUT2D eigenvalue weighted by molar-refractivity contribution is 14.1. The lowest BCUT2D eigenvalue weighted by Gasteiger charge is -2.23. The lowest BCUT2D eigenvalue weighted by Crippen LogP contribution is -2.40. The van der Waals surface area contributed by atoms with Gasteiger partial charge in [-0.25, -0.2) is 9.18 Å². The van der Waals surface area contributed by atoms with E-state index in [1.807, 2.05) is 0 Å². The average molecular weight is 530 g/mol. The van der Waals surface area contributed by atoms with E-state index in [2.05, 4.69) is 15.6 Å². The molecule has 1 aromatic heterocycles. The van der Waals surface area contributed by atoms with E-state index >= 15 is 0 Å². The van der Waals surface area contributed by atoms with Gasteiger partial charge >= 0.3 is 5.69 Å². The molecule has 3 heterocycles. The molecular formula is C18H16FIN4O6. The molecule has 4 N–H and O–H groups in total. The monoisotopic (exact) mass is 530 g/mol. The number of halogens is 2. The Hall–Kier alpha value is -2.42. The number of aliphatic hydroxyl groups is 2. The smallest absolute Gasteiger partial charge is 0.351 e. The summed E-state index contributed by atoms with van der Waals surface area (Å²) in [6.45, 7) is -0.620. The number of carbonyl (C=O) groups is 2. The molecule has 2 aliphatic rings. The van der Waals surface area contributed by atoms with Gasteiger partial charge in [0.15, 0.2) is 6.23 Å². The van der Waals surface area contributed by atoms with Crippen LogP contribution in [-0.4, -0.2) is 54.1 Å². The third-order valence-corrected chi connectivity index (χ3v) is 6.05. The predicted molar refractivity (Wildman–Crippen MR) is 110 cm³/mol. The Labute approximate surface area is 182 Å². The van der Waals surface area contributed by atoms with E-state index in [0.29, 0.717) is 11.3 Å². The molecule has 0 bridgehead atoms. The number of ether oxygens (including phenoxy) is 1. The number of nitrogens with zero attached hydrogens (tertiary/aromatic N) is 2. The molecule has 30 heavy (non-hydrogen) atoms. The summed E-state index contributed by atoms with van der Waals surface area (Å²) in [5.41, 5.74) is 0.698. The highest BCUT2D eigenvalue weighted by Crippen LogP contribution is 2.45. The first-order chi connectivity index (χ1) is 14.2. The van der Waals surface area contributed by atoms with Gasteiger partial charge in [0.2, 0.25) is 9.58 Å². The molecule has 1 fully saturated rings. The van der Waals surface area contributed by atoms with Crippen LogP contribution >= 0.6 is 22.6 Å². The van der Waals surface area contributed by atoms with Crippen LogP contribution in [-0.2, 0) is 16.0 Å². The molecule has 10 nitrogen and oxygen atoms in total. The topological polar surface area (TPSA) is 143 Å². The highest BCUT2D eigenvalue weighted by atomic mass is 127. The van der Waals surface area contributed by atoms with Crippen molar-refractivity contribution in [3.63, 3.8) is 0 Å².